The van der Waals surface area contributed by atoms with Crippen LogP contribution in [0.1, 0.15) is 121 Å². The summed E-state index contributed by atoms with van der Waals surface area (Å²) in [6.07, 6.45) is 8.38. The van der Waals surface area contributed by atoms with Crippen molar-refractivity contribution < 1.29 is 29.1 Å². The van der Waals surface area contributed by atoms with Crippen molar-refractivity contribution in [2.24, 2.45) is 5.41 Å². The molecule has 0 bridgehead atoms. The zero-order valence-corrected chi connectivity index (χ0v) is 43.5. The molecule has 3 N–H and O–H groups in total. The van der Waals surface area contributed by atoms with Crippen molar-refractivity contribution in [2.45, 2.75) is 124 Å². The number of ketones is 1. The monoisotopic (exact) mass is 1030 g/mol. The number of rotatable bonds is 15. The summed E-state index contributed by atoms with van der Waals surface area (Å²) in [5.74, 6) is -1.33. The van der Waals surface area contributed by atoms with Crippen LogP contribution in [0.15, 0.2) is 65.3 Å². The van der Waals surface area contributed by atoms with Crippen LogP contribution in [-0.4, -0.2) is 135 Å². The van der Waals surface area contributed by atoms with Gasteiger partial charge < -0.3 is 30.4 Å². The number of piperazine rings is 1. The molecule has 0 spiro atoms. The Kier molecular flexibility index (Phi) is 15.1. The number of likely N-dealkylation sites (tertiary alicyclic amines) is 1. The van der Waals surface area contributed by atoms with Crippen LogP contribution in [0.3, 0.4) is 0 Å². The Morgan fingerprint density at radius 3 is 2.34 bits per heavy atom. The van der Waals surface area contributed by atoms with Crippen LogP contribution in [0.2, 0.25) is 0 Å². The Hall–Kier alpha value is -7.26. The Labute approximate surface area is 432 Å². The molecule has 1 aromatic carbocycles. The molecule has 2 aliphatic heterocycles. The highest BCUT2D eigenvalue weighted by atomic mass is 32.1. The summed E-state index contributed by atoms with van der Waals surface area (Å²) in [4.78, 5) is 106. The number of benzene rings is 1. The summed E-state index contributed by atoms with van der Waals surface area (Å²) in [7, 11) is 0. The number of Topliss-reactive ketones (excluding diaryl/α,β-unsaturated/α-hetero) is 1. The number of hydrogen-bond acceptors (Lipinski definition) is 15. The summed E-state index contributed by atoms with van der Waals surface area (Å²) < 4.78 is 3.15. The second-order valence-corrected chi connectivity index (χ2v) is 21.6. The molecule has 21 heteroatoms. The van der Waals surface area contributed by atoms with E-state index in [2.05, 4.69) is 35.8 Å². The maximum atomic E-state index is 14.2. The van der Waals surface area contributed by atoms with E-state index in [1.54, 1.807) is 60.2 Å². The predicted octanol–water partition coefficient (Wildman–Crippen LogP) is 4.59. The van der Waals surface area contributed by atoms with Gasteiger partial charge in [0.05, 0.1) is 58.8 Å². The van der Waals surface area contributed by atoms with Crippen molar-refractivity contribution in [3.05, 3.63) is 110 Å². The number of nitrogens with one attached hydrogen (secondary N) is 2. The normalized spacial score (nSPS) is 17.7. The van der Waals surface area contributed by atoms with Crippen LogP contribution < -0.4 is 21.1 Å². The molecule has 3 atom stereocenters. The molecule has 2 saturated heterocycles. The zero-order valence-electron chi connectivity index (χ0n) is 42.7. The number of amides is 4. The van der Waals surface area contributed by atoms with E-state index < -0.39 is 41.3 Å². The molecule has 74 heavy (non-hydrogen) atoms. The lowest BCUT2D eigenvalue weighted by Gasteiger charge is -2.36. The van der Waals surface area contributed by atoms with Gasteiger partial charge in [-0.25, -0.2) is 15.0 Å². The predicted molar refractivity (Wildman–Crippen MR) is 277 cm³/mol. The smallest absolute Gasteiger partial charge is 0.274 e. The van der Waals surface area contributed by atoms with E-state index in [1.165, 1.54) is 22.7 Å². The first kappa shape index (κ1) is 51.6. The molecule has 0 radical (unpaired) electrons. The third kappa shape index (κ3) is 11.1. The van der Waals surface area contributed by atoms with Crippen molar-refractivity contribution in [1.29, 1.82) is 0 Å². The number of carbonyl (C=O) groups excluding carboxylic acids is 5. The first-order valence-electron chi connectivity index (χ1n) is 25.3. The van der Waals surface area contributed by atoms with Gasteiger partial charge in [0.25, 0.3) is 11.5 Å². The average molecular weight is 1030 g/mol. The molecule has 4 amide bonds. The van der Waals surface area contributed by atoms with Crippen molar-refractivity contribution in [2.75, 3.05) is 37.6 Å². The number of β-amino-alcohol motifs (C(OH)–C–C–N with tert-alkyl or cyclic N) is 1. The maximum Gasteiger partial charge on any atom is 0.274 e. The topological polar surface area (TPSA) is 244 Å². The highest BCUT2D eigenvalue weighted by molar-refractivity contribution is 7.13. The van der Waals surface area contributed by atoms with E-state index >= 15 is 0 Å². The quantitative estimate of drug-likeness (QED) is 0.119. The summed E-state index contributed by atoms with van der Waals surface area (Å²) in [6.45, 7) is 13.2. The molecule has 0 unspecified atom stereocenters. The molecule has 1 saturated carbocycles. The molecule has 7 heterocycles. The van der Waals surface area contributed by atoms with Crippen molar-refractivity contribution in [3.8, 4) is 10.4 Å². The molecule has 20 nitrogen and oxygen atoms in total. The largest absolute Gasteiger partial charge is 0.391 e. The van der Waals surface area contributed by atoms with Crippen LogP contribution in [0.5, 0.6) is 0 Å². The molecule has 9 rings (SSSR count). The number of carbonyl (C=O) groups is 5. The number of anilines is 1. The van der Waals surface area contributed by atoms with Gasteiger partial charge in [-0.15, -0.1) is 16.4 Å². The van der Waals surface area contributed by atoms with Crippen molar-refractivity contribution >= 4 is 57.5 Å². The van der Waals surface area contributed by atoms with E-state index in [4.69, 9.17) is 9.97 Å². The van der Waals surface area contributed by atoms with Gasteiger partial charge in [-0.2, -0.15) is 0 Å². The fourth-order valence-corrected chi connectivity index (χ4v) is 11.1. The second-order valence-electron chi connectivity index (χ2n) is 20.7. The molecule has 3 aliphatic rings. The van der Waals surface area contributed by atoms with E-state index in [1.807, 2.05) is 49.5 Å². The molecule has 5 aromatic heterocycles. The molecule has 3 fully saturated rings. The minimum Gasteiger partial charge on any atom is -0.391 e. The van der Waals surface area contributed by atoms with E-state index in [0.29, 0.717) is 55.0 Å². The maximum absolute atomic E-state index is 14.2. The van der Waals surface area contributed by atoms with Gasteiger partial charge in [-0.1, -0.05) is 63.1 Å². The lowest BCUT2D eigenvalue weighted by molar-refractivity contribution is -0.142. The third-order valence-corrected chi connectivity index (χ3v) is 15.4. The first-order chi connectivity index (χ1) is 35.4. The van der Waals surface area contributed by atoms with Gasteiger partial charge in [0, 0.05) is 75.4 Å². The number of hydrogen-bond donors (Lipinski definition) is 3. The van der Waals surface area contributed by atoms with Crippen LogP contribution in [0.4, 0.5) is 5.69 Å². The Balaban J connectivity index is 0.750. The van der Waals surface area contributed by atoms with E-state index in [-0.39, 0.29) is 67.0 Å². The highest BCUT2D eigenvalue weighted by Crippen LogP contribution is 2.33. The lowest BCUT2D eigenvalue weighted by atomic mass is 9.85. The summed E-state index contributed by atoms with van der Waals surface area (Å²) in [6, 6.07) is 9.75. The Morgan fingerprint density at radius 2 is 1.68 bits per heavy atom. The summed E-state index contributed by atoms with van der Waals surface area (Å²) in [5.41, 5.74) is 6.62. The number of aryl methyl sites for hydroxylation is 3. The fourth-order valence-electron chi connectivity index (χ4n) is 10.3. The van der Waals surface area contributed by atoms with Crippen molar-refractivity contribution in [1.82, 2.24) is 59.9 Å². The van der Waals surface area contributed by atoms with Gasteiger partial charge in [0.2, 0.25) is 17.7 Å². The molecule has 1 aliphatic carbocycles. The average Bonchev–Trinajstić information content (AvgIpc) is 4.24. The van der Waals surface area contributed by atoms with Gasteiger partial charge >= 0.3 is 0 Å². The number of pyridine rings is 2. The number of aliphatic hydroxyl groups is 1. The van der Waals surface area contributed by atoms with Crippen molar-refractivity contribution in [3.63, 3.8) is 0 Å². The standard InChI is InChI=1S/C53H63N13O7S/c1-31-40-27-55-43(58-48(40)66(37-9-7-8-10-37)51(72)45(31)33(3)67)23-36-15-16-38(26-54-36)62-19-21-63(22-20-62)44(69)17-18-64-29-41(60-61-64)49(70)59-47(53(4,5)6)52(73)65-28-39(68)24-42(65)50(71)56-25-34-11-13-35(14-12-34)46-32(2)57-30-74-46/h11-16,26-27,29-30,37,39,42,47,68H,7-10,17-25,28H2,1-6H3,(H,56,71)(H,59,70)/t39-,42+,47-/m1/s1. The molecular formula is C53H63N13O7S. The lowest BCUT2D eigenvalue weighted by Crippen LogP contribution is -2.57. The number of aromatic nitrogens is 8. The molecular weight excluding hydrogens is 963 g/mol. The minimum absolute atomic E-state index is 0.00552. The first-order valence-corrected chi connectivity index (χ1v) is 26.2. The number of aliphatic hydroxyl groups excluding tert-OH is 1. The highest BCUT2D eigenvalue weighted by Gasteiger charge is 2.45. The molecule has 6 aromatic rings. The van der Waals surface area contributed by atoms with Gasteiger partial charge in [-0.3, -0.25) is 43.0 Å². The van der Waals surface area contributed by atoms with Crippen LogP contribution in [-0.2, 0) is 33.9 Å². The van der Waals surface area contributed by atoms with Crippen LogP contribution in [0, 0.1) is 19.3 Å². The Morgan fingerprint density at radius 1 is 0.932 bits per heavy atom. The molecule has 388 valence electrons. The SMILES string of the molecule is CC(=O)c1c(C)c2cnc(Cc3ccc(N4CCN(C(=O)CCn5cc(C(=O)N[C@H](C(=O)N6C[C@H](O)C[C@H]6C(=O)NCc6ccc(-c7scnc7C)cc6)C(C)(C)C)nn5)CC4)cn3)nc2n(C2CCCC2)c1=O. The van der Waals surface area contributed by atoms with Gasteiger partial charge in [0.1, 0.15) is 23.6 Å². The van der Waals surface area contributed by atoms with Gasteiger partial charge in [-0.05, 0) is 67.9 Å². The number of thiazole rings is 1. The van der Waals surface area contributed by atoms with Crippen LogP contribution >= 0.6 is 11.3 Å². The Bertz CT molecular complexity index is 3130. The second kappa shape index (κ2) is 21.7. The minimum atomic E-state index is -1.07. The fraction of sp³-hybridized carbons (Fsp3) is 0.472. The van der Waals surface area contributed by atoms with Crippen LogP contribution in [0.25, 0.3) is 21.5 Å². The summed E-state index contributed by atoms with van der Waals surface area (Å²) >= 11 is 1.56. The van der Waals surface area contributed by atoms with E-state index in [9.17, 15) is 33.9 Å². The van der Waals surface area contributed by atoms with E-state index in [0.717, 1.165) is 58.8 Å². The third-order valence-electron chi connectivity index (χ3n) is 14.5. The number of nitrogens with zero attached hydrogens (tertiary/aromatic N) is 11. The zero-order chi connectivity index (χ0) is 52.4. The number of fused-ring (bicyclic) bond motifs is 1. The van der Waals surface area contributed by atoms with Gasteiger partial charge in [0.15, 0.2) is 11.5 Å². The summed E-state index contributed by atoms with van der Waals surface area (Å²) in [5, 5.41) is 25.3.